The van der Waals surface area contributed by atoms with Gasteiger partial charge in [0.2, 0.25) is 0 Å². The van der Waals surface area contributed by atoms with E-state index >= 15 is 0 Å². The molecule has 2 aromatic carbocycles. The second-order valence-electron chi connectivity index (χ2n) is 4.33. The third-order valence-electron chi connectivity index (χ3n) is 3.01. The fraction of sp³-hybridized carbons (Fsp3) is 0. The van der Waals surface area contributed by atoms with Crippen molar-refractivity contribution in [1.82, 2.24) is 4.98 Å². The van der Waals surface area contributed by atoms with Gasteiger partial charge in [0.1, 0.15) is 0 Å². The third-order valence-corrected chi connectivity index (χ3v) is 3.82. The molecule has 20 heavy (non-hydrogen) atoms. The predicted octanol–water partition coefficient (Wildman–Crippen LogP) is 4.84. The molecule has 3 nitrogen and oxygen atoms in total. The van der Waals surface area contributed by atoms with Crippen molar-refractivity contribution >= 4 is 50.0 Å². The van der Waals surface area contributed by atoms with E-state index in [-0.39, 0.29) is 5.91 Å². The van der Waals surface area contributed by atoms with Crippen molar-refractivity contribution in [2.24, 2.45) is 0 Å². The van der Waals surface area contributed by atoms with Crippen LogP contribution in [0.1, 0.15) is 10.4 Å². The van der Waals surface area contributed by atoms with Crippen LogP contribution in [0.25, 0.3) is 10.9 Å². The summed E-state index contributed by atoms with van der Waals surface area (Å²) in [5, 5.41) is 4.32. The lowest BCUT2D eigenvalue weighted by Gasteiger charge is -2.08. The Hall–Kier alpha value is -1.78. The van der Waals surface area contributed by atoms with Crippen molar-refractivity contribution in [2.75, 3.05) is 5.32 Å². The number of halogens is 2. The zero-order chi connectivity index (χ0) is 14.1. The minimum Gasteiger partial charge on any atom is -0.361 e. The summed E-state index contributed by atoms with van der Waals surface area (Å²) >= 11 is 9.44. The van der Waals surface area contributed by atoms with Gasteiger partial charge in [-0.1, -0.05) is 39.7 Å². The molecule has 0 saturated heterocycles. The Morgan fingerprint density at radius 3 is 2.85 bits per heavy atom. The molecule has 0 radical (unpaired) electrons. The molecule has 0 bridgehead atoms. The number of hydrogen-bond donors (Lipinski definition) is 2. The lowest BCUT2D eigenvalue weighted by atomic mass is 10.1. The Bertz CT molecular complexity index is 797. The Kier molecular flexibility index (Phi) is 3.51. The maximum atomic E-state index is 12.4. The molecule has 0 fully saturated rings. The minimum absolute atomic E-state index is 0.192. The number of anilines is 1. The SMILES string of the molecule is O=C(Nc1ccc(Br)cc1Cl)c1cccc2cc[nH]c12. The van der Waals surface area contributed by atoms with Gasteiger partial charge in [-0.15, -0.1) is 0 Å². The standard InChI is InChI=1S/C15H10BrClN2O/c16-10-4-5-13(12(17)8-10)19-15(20)11-3-1-2-9-6-7-18-14(9)11/h1-8,18H,(H,19,20). The van der Waals surface area contributed by atoms with Crippen molar-refractivity contribution in [3.63, 3.8) is 0 Å². The molecular weight excluding hydrogens is 340 g/mol. The van der Waals surface area contributed by atoms with Crippen molar-refractivity contribution < 1.29 is 4.79 Å². The molecule has 0 unspecified atom stereocenters. The van der Waals surface area contributed by atoms with Crippen molar-refractivity contribution in [3.8, 4) is 0 Å². The van der Waals surface area contributed by atoms with Crippen LogP contribution in [-0.2, 0) is 0 Å². The molecular formula is C15H10BrClN2O. The number of rotatable bonds is 2. The molecule has 5 heteroatoms. The molecule has 1 heterocycles. The molecule has 3 aromatic rings. The summed E-state index contributed by atoms with van der Waals surface area (Å²) in [5.41, 5.74) is 1.99. The van der Waals surface area contributed by atoms with Crippen LogP contribution in [0.5, 0.6) is 0 Å². The van der Waals surface area contributed by atoms with Crippen LogP contribution in [0.15, 0.2) is 53.1 Å². The number of carbonyl (C=O) groups is 1. The topological polar surface area (TPSA) is 44.9 Å². The molecule has 0 aliphatic rings. The number of fused-ring (bicyclic) bond motifs is 1. The van der Waals surface area contributed by atoms with E-state index in [1.165, 1.54) is 0 Å². The highest BCUT2D eigenvalue weighted by atomic mass is 79.9. The molecule has 0 saturated carbocycles. The number of hydrogen-bond acceptors (Lipinski definition) is 1. The summed E-state index contributed by atoms with van der Waals surface area (Å²) in [6, 6.07) is 12.9. The smallest absolute Gasteiger partial charge is 0.257 e. The van der Waals surface area contributed by atoms with Gasteiger partial charge in [0.25, 0.3) is 5.91 Å². The fourth-order valence-electron chi connectivity index (χ4n) is 2.05. The summed E-state index contributed by atoms with van der Waals surface area (Å²) in [6.07, 6.45) is 1.81. The van der Waals surface area contributed by atoms with E-state index in [9.17, 15) is 4.79 Å². The van der Waals surface area contributed by atoms with Crippen LogP contribution in [0.2, 0.25) is 5.02 Å². The van der Waals surface area contributed by atoms with Crippen molar-refractivity contribution in [3.05, 3.63) is 63.7 Å². The number of para-hydroxylation sites is 1. The molecule has 0 aliphatic heterocycles. The molecule has 1 amide bonds. The summed E-state index contributed by atoms with van der Waals surface area (Å²) in [6.45, 7) is 0. The van der Waals surface area contributed by atoms with E-state index in [0.29, 0.717) is 16.3 Å². The number of H-pyrrole nitrogens is 1. The lowest BCUT2D eigenvalue weighted by molar-refractivity contribution is 0.102. The highest BCUT2D eigenvalue weighted by molar-refractivity contribution is 9.10. The molecule has 0 atom stereocenters. The average molecular weight is 350 g/mol. The van der Waals surface area contributed by atoms with Gasteiger partial charge in [-0.05, 0) is 30.3 Å². The number of carbonyl (C=O) groups excluding carboxylic acids is 1. The molecule has 3 rings (SSSR count). The second-order valence-corrected chi connectivity index (χ2v) is 5.65. The number of aromatic amines is 1. The van der Waals surface area contributed by atoms with E-state index in [4.69, 9.17) is 11.6 Å². The van der Waals surface area contributed by atoms with E-state index < -0.39 is 0 Å². The fourth-order valence-corrected chi connectivity index (χ4v) is 2.78. The highest BCUT2D eigenvalue weighted by Gasteiger charge is 2.12. The van der Waals surface area contributed by atoms with Gasteiger partial charge in [-0.25, -0.2) is 0 Å². The highest BCUT2D eigenvalue weighted by Crippen LogP contribution is 2.26. The van der Waals surface area contributed by atoms with Gasteiger partial charge in [0.15, 0.2) is 0 Å². The Labute approximate surface area is 129 Å². The maximum absolute atomic E-state index is 12.4. The molecule has 1 aromatic heterocycles. The monoisotopic (exact) mass is 348 g/mol. The Morgan fingerprint density at radius 1 is 1.20 bits per heavy atom. The zero-order valence-electron chi connectivity index (χ0n) is 10.3. The van der Waals surface area contributed by atoms with Gasteiger partial charge < -0.3 is 10.3 Å². The van der Waals surface area contributed by atoms with Gasteiger partial charge in [0.05, 0.1) is 21.8 Å². The van der Waals surface area contributed by atoms with Crippen LogP contribution in [0.3, 0.4) is 0 Å². The Balaban J connectivity index is 1.95. The molecule has 0 spiro atoms. The minimum atomic E-state index is -0.192. The van der Waals surface area contributed by atoms with Gasteiger partial charge in [-0.2, -0.15) is 0 Å². The number of nitrogens with one attached hydrogen (secondary N) is 2. The van der Waals surface area contributed by atoms with E-state index in [1.54, 1.807) is 18.2 Å². The molecule has 100 valence electrons. The summed E-state index contributed by atoms with van der Waals surface area (Å²) in [5.74, 6) is -0.192. The number of amides is 1. The molecule has 0 aliphatic carbocycles. The number of aromatic nitrogens is 1. The first-order valence-electron chi connectivity index (χ1n) is 5.97. The molecule has 2 N–H and O–H groups in total. The van der Waals surface area contributed by atoms with Crippen LogP contribution >= 0.6 is 27.5 Å². The van der Waals surface area contributed by atoms with Crippen LogP contribution in [-0.4, -0.2) is 10.9 Å². The maximum Gasteiger partial charge on any atom is 0.257 e. The van der Waals surface area contributed by atoms with Gasteiger partial charge >= 0.3 is 0 Å². The second kappa shape index (κ2) is 5.31. The summed E-state index contributed by atoms with van der Waals surface area (Å²) < 4.78 is 0.868. The average Bonchev–Trinajstić information content (AvgIpc) is 2.90. The quantitative estimate of drug-likeness (QED) is 0.683. The van der Waals surface area contributed by atoms with Crippen LogP contribution < -0.4 is 5.32 Å². The summed E-state index contributed by atoms with van der Waals surface area (Å²) in [4.78, 5) is 15.4. The normalized spacial score (nSPS) is 10.7. The predicted molar refractivity (Wildman–Crippen MR) is 85.4 cm³/mol. The lowest BCUT2D eigenvalue weighted by Crippen LogP contribution is -2.12. The van der Waals surface area contributed by atoms with E-state index in [1.807, 2.05) is 30.5 Å². The largest absolute Gasteiger partial charge is 0.361 e. The first-order chi connectivity index (χ1) is 9.65. The zero-order valence-corrected chi connectivity index (χ0v) is 12.6. The van der Waals surface area contributed by atoms with E-state index in [2.05, 4.69) is 26.2 Å². The van der Waals surface area contributed by atoms with Gasteiger partial charge in [0, 0.05) is 16.1 Å². The van der Waals surface area contributed by atoms with Crippen LogP contribution in [0.4, 0.5) is 5.69 Å². The van der Waals surface area contributed by atoms with Crippen molar-refractivity contribution in [2.45, 2.75) is 0 Å². The Morgan fingerprint density at radius 2 is 2.05 bits per heavy atom. The van der Waals surface area contributed by atoms with Crippen molar-refractivity contribution in [1.29, 1.82) is 0 Å². The van der Waals surface area contributed by atoms with E-state index in [0.717, 1.165) is 15.4 Å². The van der Waals surface area contributed by atoms with Gasteiger partial charge in [-0.3, -0.25) is 4.79 Å². The number of benzene rings is 2. The summed E-state index contributed by atoms with van der Waals surface area (Å²) in [7, 11) is 0. The first kappa shape index (κ1) is 13.2. The van der Waals surface area contributed by atoms with Crippen LogP contribution in [0, 0.1) is 0 Å². The first-order valence-corrected chi connectivity index (χ1v) is 7.15. The third kappa shape index (κ3) is 2.44.